The van der Waals surface area contributed by atoms with Crippen molar-refractivity contribution in [3.8, 4) is 0 Å². The van der Waals surface area contributed by atoms with E-state index in [4.69, 9.17) is 5.73 Å². The molecule has 0 amide bonds. The molecule has 0 aromatic heterocycles. The molecular formula is C15H32N2. The van der Waals surface area contributed by atoms with E-state index in [9.17, 15) is 0 Å². The minimum atomic E-state index is 0.248. The van der Waals surface area contributed by atoms with Gasteiger partial charge in [0.2, 0.25) is 0 Å². The molecule has 0 heterocycles. The summed E-state index contributed by atoms with van der Waals surface area (Å²) in [5.41, 5.74) is 6.83. The summed E-state index contributed by atoms with van der Waals surface area (Å²) in [6.45, 7) is 12.5. The van der Waals surface area contributed by atoms with Gasteiger partial charge in [-0.2, -0.15) is 0 Å². The van der Waals surface area contributed by atoms with E-state index >= 15 is 0 Å². The van der Waals surface area contributed by atoms with Gasteiger partial charge in [-0.25, -0.2) is 0 Å². The first-order valence-corrected chi connectivity index (χ1v) is 7.15. The lowest BCUT2D eigenvalue weighted by atomic mass is 9.85. The number of hydrogen-bond donors (Lipinski definition) is 1. The van der Waals surface area contributed by atoms with E-state index in [-0.39, 0.29) is 5.54 Å². The lowest BCUT2D eigenvalue weighted by Gasteiger charge is -2.43. The van der Waals surface area contributed by atoms with Crippen molar-refractivity contribution in [1.29, 1.82) is 0 Å². The number of nitrogens with two attached hydrogens (primary N) is 1. The summed E-state index contributed by atoms with van der Waals surface area (Å²) >= 11 is 0. The van der Waals surface area contributed by atoms with Gasteiger partial charge in [-0.05, 0) is 51.0 Å². The minimum Gasteiger partial charge on any atom is -0.329 e. The highest BCUT2D eigenvalue weighted by molar-refractivity contribution is 5.02. The first-order valence-electron chi connectivity index (χ1n) is 7.15. The van der Waals surface area contributed by atoms with E-state index < -0.39 is 0 Å². The Morgan fingerprint density at radius 2 is 1.76 bits per heavy atom. The molecule has 0 radical (unpaired) electrons. The van der Waals surface area contributed by atoms with E-state index in [0.29, 0.717) is 11.5 Å². The highest BCUT2D eigenvalue weighted by Gasteiger charge is 2.45. The minimum absolute atomic E-state index is 0.248. The molecule has 1 rings (SSSR count). The first kappa shape index (κ1) is 15.0. The Labute approximate surface area is 108 Å². The molecule has 2 N–H and O–H groups in total. The van der Waals surface area contributed by atoms with Crippen LogP contribution >= 0.6 is 0 Å². The molecule has 2 unspecified atom stereocenters. The molecule has 102 valence electrons. The van der Waals surface area contributed by atoms with Crippen molar-refractivity contribution in [2.24, 2.45) is 17.1 Å². The predicted molar refractivity (Wildman–Crippen MR) is 76.1 cm³/mol. The van der Waals surface area contributed by atoms with Gasteiger partial charge in [0, 0.05) is 18.1 Å². The van der Waals surface area contributed by atoms with Gasteiger partial charge in [0.05, 0.1) is 0 Å². The zero-order chi connectivity index (χ0) is 13.3. The Balaban J connectivity index is 2.74. The van der Waals surface area contributed by atoms with Gasteiger partial charge in [0.25, 0.3) is 0 Å². The molecular weight excluding hydrogens is 208 g/mol. The summed E-state index contributed by atoms with van der Waals surface area (Å²) in [4.78, 5) is 2.57. The highest BCUT2D eigenvalue weighted by atomic mass is 15.2. The molecule has 2 nitrogen and oxygen atoms in total. The summed E-state index contributed by atoms with van der Waals surface area (Å²) in [5.74, 6) is 0.761. The van der Waals surface area contributed by atoms with Crippen molar-refractivity contribution in [2.45, 2.75) is 71.9 Å². The van der Waals surface area contributed by atoms with Crippen LogP contribution in [-0.2, 0) is 0 Å². The van der Waals surface area contributed by atoms with Crippen molar-refractivity contribution in [3.05, 3.63) is 0 Å². The van der Waals surface area contributed by atoms with Crippen LogP contribution in [0.4, 0.5) is 0 Å². The third-order valence-corrected chi connectivity index (χ3v) is 4.68. The van der Waals surface area contributed by atoms with Gasteiger partial charge in [-0.3, -0.25) is 4.90 Å². The largest absolute Gasteiger partial charge is 0.329 e. The zero-order valence-electron chi connectivity index (χ0n) is 12.7. The second-order valence-electron chi connectivity index (χ2n) is 7.36. The van der Waals surface area contributed by atoms with Gasteiger partial charge < -0.3 is 5.73 Å². The maximum absolute atomic E-state index is 6.12. The summed E-state index contributed by atoms with van der Waals surface area (Å²) < 4.78 is 0. The van der Waals surface area contributed by atoms with Gasteiger partial charge in [0.1, 0.15) is 0 Å². The molecule has 2 heteroatoms. The fourth-order valence-electron chi connectivity index (χ4n) is 3.57. The molecule has 0 saturated heterocycles. The molecule has 0 aromatic rings. The van der Waals surface area contributed by atoms with Crippen molar-refractivity contribution < 1.29 is 0 Å². The normalized spacial score (nSPS) is 30.2. The molecule has 0 bridgehead atoms. The Hall–Kier alpha value is -0.0800. The van der Waals surface area contributed by atoms with E-state index in [2.05, 4.69) is 46.6 Å². The van der Waals surface area contributed by atoms with Crippen LogP contribution in [0.3, 0.4) is 0 Å². The molecule has 1 aliphatic rings. The predicted octanol–water partition coefficient (Wildman–Crippen LogP) is 3.26. The van der Waals surface area contributed by atoms with Crippen LogP contribution < -0.4 is 5.73 Å². The van der Waals surface area contributed by atoms with Crippen LogP contribution in [0, 0.1) is 11.3 Å². The van der Waals surface area contributed by atoms with Crippen LogP contribution in [0.15, 0.2) is 0 Å². The monoisotopic (exact) mass is 240 g/mol. The molecule has 0 aliphatic heterocycles. The summed E-state index contributed by atoms with van der Waals surface area (Å²) in [6, 6.07) is 0.632. The Morgan fingerprint density at radius 1 is 1.18 bits per heavy atom. The lowest BCUT2D eigenvalue weighted by Crippen LogP contribution is -2.54. The van der Waals surface area contributed by atoms with Crippen LogP contribution in [0.5, 0.6) is 0 Å². The maximum atomic E-state index is 6.12. The Kier molecular flexibility index (Phi) is 4.65. The van der Waals surface area contributed by atoms with Gasteiger partial charge in [-0.1, -0.05) is 27.7 Å². The first-order chi connectivity index (χ1) is 7.72. The van der Waals surface area contributed by atoms with Gasteiger partial charge >= 0.3 is 0 Å². The molecule has 1 fully saturated rings. The Morgan fingerprint density at radius 3 is 2.12 bits per heavy atom. The molecule has 0 aromatic carbocycles. The van der Waals surface area contributed by atoms with Crippen LogP contribution in [0.25, 0.3) is 0 Å². The number of nitrogens with zero attached hydrogens (tertiary/aromatic N) is 1. The number of hydrogen-bond acceptors (Lipinski definition) is 2. The van der Waals surface area contributed by atoms with Crippen molar-refractivity contribution >= 4 is 0 Å². The van der Waals surface area contributed by atoms with Crippen LogP contribution in [-0.4, -0.2) is 30.1 Å². The topological polar surface area (TPSA) is 29.3 Å². The number of likely N-dealkylation sites (N-methyl/N-ethyl adjacent to an activating group) is 1. The zero-order valence-corrected chi connectivity index (χ0v) is 12.7. The third kappa shape index (κ3) is 3.45. The Bertz CT molecular complexity index is 247. The SMILES string of the molecule is CC(C)CC(C)N(C)C1(CN)CCC(C)(C)C1. The fourth-order valence-corrected chi connectivity index (χ4v) is 3.57. The van der Waals surface area contributed by atoms with Crippen molar-refractivity contribution in [3.63, 3.8) is 0 Å². The lowest BCUT2D eigenvalue weighted by molar-refractivity contribution is 0.0704. The third-order valence-electron chi connectivity index (χ3n) is 4.68. The molecule has 17 heavy (non-hydrogen) atoms. The van der Waals surface area contributed by atoms with Crippen molar-refractivity contribution in [2.75, 3.05) is 13.6 Å². The second-order valence-corrected chi connectivity index (χ2v) is 7.36. The van der Waals surface area contributed by atoms with E-state index in [1.165, 1.54) is 25.7 Å². The van der Waals surface area contributed by atoms with Gasteiger partial charge in [0.15, 0.2) is 0 Å². The standard InChI is InChI=1S/C15H32N2/c1-12(2)9-13(3)17(6)15(11-16)8-7-14(4,5)10-15/h12-13H,7-11,16H2,1-6H3. The van der Waals surface area contributed by atoms with E-state index in [1.54, 1.807) is 0 Å². The molecule has 0 spiro atoms. The summed E-state index contributed by atoms with van der Waals surface area (Å²) in [7, 11) is 2.28. The second kappa shape index (κ2) is 5.27. The average Bonchev–Trinajstić information content (AvgIpc) is 2.53. The van der Waals surface area contributed by atoms with Crippen LogP contribution in [0.1, 0.15) is 60.3 Å². The quantitative estimate of drug-likeness (QED) is 0.799. The van der Waals surface area contributed by atoms with Gasteiger partial charge in [-0.15, -0.1) is 0 Å². The highest BCUT2D eigenvalue weighted by Crippen LogP contribution is 2.46. The smallest absolute Gasteiger partial charge is 0.0336 e. The fraction of sp³-hybridized carbons (Fsp3) is 1.00. The van der Waals surface area contributed by atoms with Crippen LogP contribution in [0.2, 0.25) is 0 Å². The molecule has 1 aliphatic carbocycles. The summed E-state index contributed by atoms with van der Waals surface area (Å²) in [5, 5.41) is 0. The summed E-state index contributed by atoms with van der Waals surface area (Å²) in [6.07, 6.45) is 5.08. The van der Waals surface area contributed by atoms with E-state index in [0.717, 1.165) is 12.5 Å². The van der Waals surface area contributed by atoms with E-state index in [1.807, 2.05) is 0 Å². The maximum Gasteiger partial charge on any atom is 0.0336 e. The van der Waals surface area contributed by atoms with Crippen molar-refractivity contribution in [1.82, 2.24) is 4.90 Å². The number of rotatable bonds is 5. The molecule has 2 atom stereocenters. The molecule has 1 saturated carbocycles. The average molecular weight is 240 g/mol.